The highest BCUT2D eigenvalue weighted by Gasteiger charge is 2.25. The number of nitrogens with one attached hydrogen (secondary N) is 1. The lowest BCUT2D eigenvalue weighted by atomic mass is 9.86. The predicted molar refractivity (Wildman–Crippen MR) is 99.9 cm³/mol. The Kier molecular flexibility index (Phi) is 7.27. The van der Waals surface area contributed by atoms with Crippen LogP contribution < -0.4 is 9.62 Å². The summed E-state index contributed by atoms with van der Waals surface area (Å²) in [7, 11) is -3.43. The zero-order valence-corrected chi connectivity index (χ0v) is 16.2. The van der Waals surface area contributed by atoms with E-state index in [-0.39, 0.29) is 17.9 Å². The number of carbonyl (C=O) groups is 1. The molecule has 1 aromatic rings. The zero-order valence-electron chi connectivity index (χ0n) is 15.4. The lowest BCUT2D eigenvalue weighted by Crippen LogP contribution is -2.39. The van der Waals surface area contributed by atoms with Crippen molar-refractivity contribution in [1.29, 1.82) is 0 Å². The van der Waals surface area contributed by atoms with Crippen molar-refractivity contribution in [3.8, 4) is 0 Å². The minimum atomic E-state index is -3.43. The van der Waals surface area contributed by atoms with Crippen molar-refractivity contribution in [3.05, 3.63) is 29.8 Å². The van der Waals surface area contributed by atoms with E-state index in [1.807, 2.05) is 31.2 Å². The zero-order chi connectivity index (χ0) is 18.4. The Labute approximate surface area is 146 Å². The molecule has 0 aliphatic heterocycles. The molecule has 0 saturated carbocycles. The number of para-hydroxylation sites is 1. The molecule has 0 unspecified atom stereocenters. The Bertz CT molecular complexity index is 648. The smallest absolute Gasteiger partial charge is 0.232 e. The number of unbranched alkanes of at least 4 members (excludes halogenated alkanes) is 1. The van der Waals surface area contributed by atoms with Gasteiger partial charge in [0.25, 0.3) is 0 Å². The maximum absolute atomic E-state index is 12.3. The Balaban J connectivity index is 2.95. The van der Waals surface area contributed by atoms with Crippen molar-refractivity contribution in [1.82, 2.24) is 5.32 Å². The van der Waals surface area contributed by atoms with Gasteiger partial charge in [0.05, 0.1) is 18.5 Å². The number of carbonyl (C=O) groups excluding carboxylic acids is 1. The molecular formula is C18H30N2O3S. The number of anilines is 1. The van der Waals surface area contributed by atoms with Crippen LogP contribution >= 0.6 is 0 Å². The third-order valence-electron chi connectivity index (χ3n) is 3.78. The molecule has 0 spiro atoms. The molecule has 0 saturated heterocycles. The third kappa shape index (κ3) is 6.15. The lowest BCUT2D eigenvalue weighted by molar-refractivity contribution is -0.121. The number of nitrogens with zero attached hydrogens (tertiary/aromatic N) is 1. The first kappa shape index (κ1) is 20.5. The SMILES string of the molecule is CCCCC(=O)NCCN(c1ccccc1C(C)(C)C)S(C)(=O)=O. The second-order valence-corrected chi connectivity index (χ2v) is 8.96. The summed E-state index contributed by atoms with van der Waals surface area (Å²) in [6.45, 7) is 8.72. The standard InChI is InChI=1S/C18H30N2O3S/c1-6-7-12-17(21)19-13-14-20(24(5,22)23)16-11-9-8-10-15(16)18(2,3)4/h8-11H,6-7,12-14H2,1-5H3,(H,19,21). The molecule has 0 fully saturated rings. The van der Waals surface area contributed by atoms with Crippen LogP contribution in [0.1, 0.15) is 52.5 Å². The second-order valence-electron chi connectivity index (χ2n) is 7.06. The minimum Gasteiger partial charge on any atom is -0.354 e. The fraction of sp³-hybridized carbons (Fsp3) is 0.611. The number of sulfonamides is 1. The number of rotatable bonds is 8. The van der Waals surface area contributed by atoms with E-state index in [2.05, 4.69) is 26.1 Å². The molecule has 0 aromatic heterocycles. The number of benzene rings is 1. The number of hydrogen-bond acceptors (Lipinski definition) is 3. The largest absolute Gasteiger partial charge is 0.354 e. The Hall–Kier alpha value is -1.56. The van der Waals surface area contributed by atoms with Gasteiger partial charge in [0.15, 0.2) is 0 Å². The van der Waals surface area contributed by atoms with Crippen LogP contribution in [0.25, 0.3) is 0 Å². The summed E-state index contributed by atoms with van der Waals surface area (Å²) < 4.78 is 25.9. The summed E-state index contributed by atoms with van der Waals surface area (Å²) in [5.74, 6) is -0.0330. The van der Waals surface area contributed by atoms with Crippen LogP contribution in [0.15, 0.2) is 24.3 Å². The minimum absolute atomic E-state index is 0.0330. The third-order valence-corrected chi connectivity index (χ3v) is 4.96. The molecule has 6 heteroatoms. The molecular weight excluding hydrogens is 324 g/mol. The molecule has 0 heterocycles. The average Bonchev–Trinajstić information content (AvgIpc) is 2.47. The van der Waals surface area contributed by atoms with Gasteiger partial charge in [-0.25, -0.2) is 8.42 Å². The van der Waals surface area contributed by atoms with E-state index >= 15 is 0 Å². The van der Waals surface area contributed by atoms with Crippen molar-refractivity contribution in [2.24, 2.45) is 0 Å². The Morgan fingerprint density at radius 3 is 2.38 bits per heavy atom. The summed E-state index contributed by atoms with van der Waals surface area (Å²) in [6.07, 6.45) is 3.48. The van der Waals surface area contributed by atoms with Crippen molar-refractivity contribution in [2.75, 3.05) is 23.7 Å². The number of amides is 1. The fourth-order valence-corrected chi connectivity index (χ4v) is 3.45. The van der Waals surface area contributed by atoms with Crippen LogP contribution in [0.4, 0.5) is 5.69 Å². The van der Waals surface area contributed by atoms with Crippen LogP contribution in [0, 0.1) is 0 Å². The highest BCUT2D eigenvalue weighted by atomic mass is 32.2. The molecule has 1 N–H and O–H groups in total. The van der Waals surface area contributed by atoms with Crippen LogP contribution in [-0.4, -0.2) is 33.7 Å². The van der Waals surface area contributed by atoms with Gasteiger partial charge in [0, 0.05) is 13.0 Å². The molecule has 1 amide bonds. The van der Waals surface area contributed by atoms with Gasteiger partial charge < -0.3 is 5.32 Å². The summed E-state index contributed by atoms with van der Waals surface area (Å²) >= 11 is 0. The summed E-state index contributed by atoms with van der Waals surface area (Å²) in [6, 6.07) is 7.52. The second kappa shape index (κ2) is 8.51. The van der Waals surface area contributed by atoms with E-state index in [0.29, 0.717) is 18.7 Å². The molecule has 5 nitrogen and oxygen atoms in total. The van der Waals surface area contributed by atoms with E-state index < -0.39 is 10.0 Å². The highest BCUT2D eigenvalue weighted by molar-refractivity contribution is 7.92. The van der Waals surface area contributed by atoms with Gasteiger partial charge in [-0.1, -0.05) is 52.3 Å². The van der Waals surface area contributed by atoms with Crippen LogP contribution in [0.3, 0.4) is 0 Å². The van der Waals surface area contributed by atoms with Gasteiger partial charge in [0.1, 0.15) is 0 Å². The monoisotopic (exact) mass is 354 g/mol. The van der Waals surface area contributed by atoms with Gasteiger partial charge in [-0.05, 0) is 23.5 Å². The van der Waals surface area contributed by atoms with Crippen LogP contribution in [-0.2, 0) is 20.2 Å². The normalized spacial score (nSPS) is 12.0. The van der Waals surface area contributed by atoms with Crippen molar-refractivity contribution in [3.63, 3.8) is 0 Å². The molecule has 0 bridgehead atoms. The number of hydrogen-bond donors (Lipinski definition) is 1. The maximum Gasteiger partial charge on any atom is 0.232 e. The van der Waals surface area contributed by atoms with E-state index in [0.717, 1.165) is 18.4 Å². The molecule has 136 valence electrons. The van der Waals surface area contributed by atoms with Crippen molar-refractivity contribution in [2.45, 2.75) is 52.4 Å². The maximum atomic E-state index is 12.3. The van der Waals surface area contributed by atoms with Crippen LogP contribution in [0.2, 0.25) is 0 Å². The fourth-order valence-electron chi connectivity index (χ4n) is 2.51. The van der Waals surface area contributed by atoms with E-state index in [1.165, 1.54) is 10.6 Å². The Morgan fingerprint density at radius 2 is 1.83 bits per heavy atom. The molecule has 0 aliphatic carbocycles. The van der Waals surface area contributed by atoms with Gasteiger partial charge >= 0.3 is 0 Å². The van der Waals surface area contributed by atoms with E-state index in [9.17, 15) is 13.2 Å². The first-order chi connectivity index (χ1) is 11.1. The first-order valence-corrected chi connectivity index (χ1v) is 10.3. The van der Waals surface area contributed by atoms with Gasteiger partial charge in [-0.15, -0.1) is 0 Å². The van der Waals surface area contributed by atoms with Crippen molar-refractivity contribution >= 4 is 21.6 Å². The van der Waals surface area contributed by atoms with Crippen LogP contribution in [0.5, 0.6) is 0 Å². The summed E-state index contributed by atoms with van der Waals surface area (Å²) in [5, 5.41) is 2.80. The predicted octanol–water partition coefficient (Wildman–Crippen LogP) is 3.06. The molecule has 0 radical (unpaired) electrons. The summed E-state index contributed by atoms with van der Waals surface area (Å²) in [4.78, 5) is 11.7. The van der Waals surface area contributed by atoms with Gasteiger partial charge in [-0.3, -0.25) is 9.10 Å². The van der Waals surface area contributed by atoms with Crippen molar-refractivity contribution < 1.29 is 13.2 Å². The molecule has 1 rings (SSSR count). The average molecular weight is 355 g/mol. The highest BCUT2D eigenvalue weighted by Crippen LogP contribution is 2.32. The molecule has 1 aromatic carbocycles. The topological polar surface area (TPSA) is 66.5 Å². The van der Waals surface area contributed by atoms with Gasteiger partial charge in [-0.2, -0.15) is 0 Å². The molecule has 0 atom stereocenters. The molecule has 0 aliphatic rings. The Morgan fingerprint density at radius 1 is 1.21 bits per heavy atom. The first-order valence-electron chi connectivity index (χ1n) is 8.41. The lowest BCUT2D eigenvalue weighted by Gasteiger charge is -2.30. The summed E-state index contributed by atoms with van der Waals surface area (Å²) in [5.41, 5.74) is 1.47. The quantitative estimate of drug-likeness (QED) is 0.780. The molecule has 24 heavy (non-hydrogen) atoms. The van der Waals surface area contributed by atoms with E-state index in [4.69, 9.17) is 0 Å². The van der Waals surface area contributed by atoms with Gasteiger partial charge in [0.2, 0.25) is 15.9 Å². The van der Waals surface area contributed by atoms with E-state index in [1.54, 1.807) is 0 Å².